The van der Waals surface area contributed by atoms with Crippen LogP contribution in [0.4, 0.5) is 0 Å². The first-order valence-corrected chi connectivity index (χ1v) is 6.24. The van der Waals surface area contributed by atoms with Crippen molar-refractivity contribution in [3.05, 3.63) is 27.6 Å². The minimum absolute atomic E-state index is 0.224. The highest BCUT2D eigenvalue weighted by Gasteiger charge is 2.19. The molecule has 6 heteroatoms. The Kier molecular flexibility index (Phi) is 3.68. The lowest BCUT2D eigenvalue weighted by Crippen LogP contribution is -1.98. The Hall–Kier alpha value is -1.40. The molecule has 0 radical (unpaired) electrons. The fourth-order valence-electron chi connectivity index (χ4n) is 1.76. The van der Waals surface area contributed by atoms with Gasteiger partial charge in [-0.2, -0.15) is 4.98 Å². The van der Waals surface area contributed by atoms with Crippen LogP contribution in [0.2, 0.25) is 0 Å². The van der Waals surface area contributed by atoms with Gasteiger partial charge in [-0.15, -0.1) is 0 Å². The van der Waals surface area contributed by atoms with Crippen LogP contribution < -0.4 is 10.5 Å². The molecule has 1 aromatic heterocycles. The molecule has 0 amide bonds. The van der Waals surface area contributed by atoms with E-state index in [0.29, 0.717) is 17.5 Å². The van der Waals surface area contributed by atoms with Gasteiger partial charge in [-0.1, -0.05) is 5.16 Å². The van der Waals surface area contributed by atoms with Crippen LogP contribution in [-0.2, 0) is 6.54 Å². The zero-order chi connectivity index (χ0) is 13.3. The molecule has 18 heavy (non-hydrogen) atoms. The van der Waals surface area contributed by atoms with E-state index in [1.54, 1.807) is 7.11 Å². The number of hydrogen-bond donors (Lipinski definition) is 1. The quantitative estimate of drug-likeness (QED) is 0.943. The molecule has 96 valence electrons. The zero-order valence-corrected chi connectivity index (χ0v) is 12.0. The van der Waals surface area contributed by atoms with Crippen molar-refractivity contribution in [1.82, 2.24) is 10.1 Å². The second-order valence-corrected chi connectivity index (χ2v) is 4.78. The molecule has 0 fully saturated rings. The lowest BCUT2D eigenvalue weighted by Gasteiger charge is -2.13. The van der Waals surface area contributed by atoms with Gasteiger partial charge in [0.05, 0.1) is 23.7 Å². The van der Waals surface area contributed by atoms with Crippen LogP contribution in [0.1, 0.15) is 17.0 Å². The minimum Gasteiger partial charge on any atom is -0.495 e. The molecule has 5 nitrogen and oxygen atoms in total. The highest BCUT2D eigenvalue weighted by molar-refractivity contribution is 9.10. The van der Waals surface area contributed by atoms with Crippen LogP contribution in [0, 0.1) is 13.8 Å². The van der Waals surface area contributed by atoms with Gasteiger partial charge in [0.1, 0.15) is 5.75 Å². The van der Waals surface area contributed by atoms with E-state index in [9.17, 15) is 0 Å². The minimum atomic E-state index is 0.224. The monoisotopic (exact) mass is 311 g/mol. The summed E-state index contributed by atoms with van der Waals surface area (Å²) >= 11 is 3.48. The Balaban J connectivity index is 2.68. The topological polar surface area (TPSA) is 74.2 Å². The summed E-state index contributed by atoms with van der Waals surface area (Å²) in [7, 11) is 1.61. The normalized spacial score (nSPS) is 10.7. The van der Waals surface area contributed by atoms with Crippen LogP contribution in [0.25, 0.3) is 11.4 Å². The van der Waals surface area contributed by atoms with Crippen LogP contribution in [0.5, 0.6) is 5.75 Å². The van der Waals surface area contributed by atoms with Gasteiger partial charge in [-0.3, -0.25) is 0 Å². The van der Waals surface area contributed by atoms with Crippen molar-refractivity contribution in [2.75, 3.05) is 7.11 Å². The average molecular weight is 312 g/mol. The number of methoxy groups -OCH3 is 1. The van der Waals surface area contributed by atoms with Gasteiger partial charge in [0.15, 0.2) is 0 Å². The summed E-state index contributed by atoms with van der Waals surface area (Å²) in [6.45, 7) is 4.24. The van der Waals surface area contributed by atoms with Gasteiger partial charge in [0.2, 0.25) is 11.7 Å². The second kappa shape index (κ2) is 5.07. The van der Waals surface area contributed by atoms with Gasteiger partial charge < -0.3 is 15.0 Å². The molecule has 0 spiro atoms. The van der Waals surface area contributed by atoms with Crippen molar-refractivity contribution in [2.24, 2.45) is 5.73 Å². The first kappa shape index (κ1) is 13.0. The molecule has 0 aliphatic rings. The molecule has 2 rings (SSSR count). The molecule has 2 N–H and O–H groups in total. The highest BCUT2D eigenvalue weighted by atomic mass is 79.9. The number of rotatable bonds is 3. The maximum absolute atomic E-state index is 5.47. The summed E-state index contributed by atoms with van der Waals surface area (Å²) in [5.74, 6) is 1.60. The molecule has 0 saturated carbocycles. The molecule has 0 bridgehead atoms. The number of ether oxygens (including phenoxy) is 1. The Morgan fingerprint density at radius 3 is 2.72 bits per heavy atom. The second-order valence-electron chi connectivity index (χ2n) is 3.92. The smallest absolute Gasteiger partial charge is 0.240 e. The van der Waals surface area contributed by atoms with E-state index in [0.717, 1.165) is 21.2 Å². The van der Waals surface area contributed by atoms with Crippen LogP contribution in [-0.4, -0.2) is 17.3 Å². The summed E-state index contributed by atoms with van der Waals surface area (Å²) < 4.78 is 11.3. The average Bonchev–Trinajstić information content (AvgIpc) is 2.81. The standard InChI is InChI=1S/C12H14BrN3O2/c1-6-4-8(13)11(17-3)10(7(6)2)12-15-9(5-14)18-16-12/h4H,5,14H2,1-3H3. The van der Waals surface area contributed by atoms with Crippen molar-refractivity contribution >= 4 is 15.9 Å². The molecule has 0 aliphatic heterocycles. The van der Waals surface area contributed by atoms with Gasteiger partial charge in [0.25, 0.3) is 0 Å². The number of aryl methyl sites for hydroxylation is 1. The Morgan fingerprint density at radius 2 is 2.17 bits per heavy atom. The number of nitrogens with two attached hydrogens (primary N) is 1. The maximum atomic E-state index is 5.47. The van der Waals surface area contributed by atoms with Gasteiger partial charge in [-0.25, -0.2) is 0 Å². The lowest BCUT2D eigenvalue weighted by molar-refractivity contribution is 0.379. The Morgan fingerprint density at radius 1 is 1.44 bits per heavy atom. The van der Waals surface area contributed by atoms with E-state index >= 15 is 0 Å². The Bertz CT molecular complexity index is 581. The summed E-state index contributed by atoms with van der Waals surface area (Å²) in [6.07, 6.45) is 0. The molecule has 0 aliphatic carbocycles. The third kappa shape index (κ3) is 2.13. The molecule has 0 saturated heterocycles. The van der Waals surface area contributed by atoms with Crippen LogP contribution >= 0.6 is 15.9 Å². The van der Waals surface area contributed by atoms with Crippen molar-refractivity contribution in [2.45, 2.75) is 20.4 Å². The number of benzene rings is 1. The van der Waals surface area contributed by atoms with Crippen molar-refractivity contribution in [1.29, 1.82) is 0 Å². The summed E-state index contributed by atoms with van der Waals surface area (Å²) in [6, 6.07) is 2.00. The number of hydrogen-bond acceptors (Lipinski definition) is 5. The Labute approximate surface area is 113 Å². The predicted octanol–water partition coefficient (Wildman–Crippen LogP) is 2.58. The molecular formula is C12H14BrN3O2. The summed E-state index contributed by atoms with van der Waals surface area (Å²) in [5.41, 5.74) is 8.48. The zero-order valence-electron chi connectivity index (χ0n) is 10.5. The molecular weight excluding hydrogens is 298 g/mol. The summed E-state index contributed by atoms with van der Waals surface area (Å²) in [4.78, 5) is 4.25. The van der Waals surface area contributed by atoms with Crippen LogP contribution in [0.3, 0.4) is 0 Å². The molecule has 0 unspecified atom stereocenters. The van der Waals surface area contributed by atoms with Crippen LogP contribution in [0.15, 0.2) is 15.1 Å². The largest absolute Gasteiger partial charge is 0.495 e. The number of aromatic nitrogens is 2. The van der Waals surface area contributed by atoms with Gasteiger partial charge in [0, 0.05) is 0 Å². The fourth-order valence-corrected chi connectivity index (χ4v) is 2.46. The molecule has 0 atom stereocenters. The van der Waals surface area contributed by atoms with E-state index in [2.05, 4.69) is 26.1 Å². The molecule has 1 heterocycles. The first-order chi connectivity index (χ1) is 8.58. The fraction of sp³-hybridized carbons (Fsp3) is 0.333. The van der Waals surface area contributed by atoms with Crippen molar-refractivity contribution in [3.63, 3.8) is 0 Å². The summed E-state index contributed by atoms with van der Waals surface area (Å²) in [5, 5.41) is 3.94. The van der Waals surface area contributed by atoms with E-state index in [-0.39, 0.29) is 6.54 Å². The highest BCUT2D eigenvalue weighted by Crippen LogP contribution is 2.39. The van der Waals surface area contributed by atoms with Gasteiger partial charge >= 0.3 is 0 Å². The third-order valence-electron chi connectivity index (χ3n) is 2.82. The predicted molar refractivity (Wildman–Crippen MR) is 71.4 cm³/mol. The van der Waals surface area contributed by atoms with E-state index < -0.39 is 0 Å². The number of nitrogens with zero attached hydrogens (tertiary/aromatic N) is 2. The van der Waals surface area contributed by atoms with Gasteiger partial charge in [-0.05, 0) is 47.0 Å². The van der Waals surface area contributed by atoms with E-state index in [4.69, 9.17) is 15.0 Å². The van der Waals surface area contributed by atoms with E-state index in [1.807, 2.05) is 19.9 Å². The van der Waals surface area contributed by atoms with E-state index in [1.165, 1.54) is 0 Å². The molecule has 2 aromatic rings. The maximum Gasteiger partial charge on any atom is 0.240 e. The van der Waals surface area contributed by atoms with Crippen molar-refractivity contribution in [3.8, 4) is 17.1 Å². The SMILES string of the molecule is COc1c(Br)cc(C)c(C)c1-c1noc(CN)n1. The lowest BCUT2D eigenvalue weighted by atomic mass is 10.0. The molecule has 1 aromatic carbocycles. The number of halogens is 1. The first-order valence-electron chi connectivity index (χ1n) is 5.45. The van der Waals surface area contributed by atoms with Crippen molar-refractivity contribution < 1.29 is 9.26 Å². The third-order valence-corrected chi connectivity index (χ3v) is 3.41.